The summed E-state index contributed by atoms with van der Waals surface area (Å²) in [5.74, 6) is 0. The Morgan fingerprint density at radius 1 is 1.00 bits per heavy atom. The van der Waals surface area contributed by atoms with Crippen LogP contribution in [0.5, 0.6) is 0 Å². The quantitative estimate of drug-likeness (QED) is 0.347. The fourth-order valence-electron chi connectivity index (χ4n) is 1.52. The van der Waals surface area contributed by atoms with Gasteiger partial charge in [0.1, 0.15) is 0 Å². The van der Waals surface area contributed by atoms with Crippen LogP contribution < -0.4 is 5.73 Å². The van der Waals surface area contributed by atoms with Crippen molar-refractivity contribution in [2.45, 2.75) is 0 Å². The number of nitrogen functional groups attached to an aromatic ring is 1. The number of hydrogen-bond acceptors (Lipinski definition) is 2. The fourth-order valence-corrected chi connectivity index (χ4v) is 1.52. The molecule has 2 aromatic rings. The molecule has 4 heteroatoms. The van der Waals surface area contributed by atoms with E-state index in [1.807, 2.05) is 36.4 Å². The smallest absolute Gasteiger partial charge is 0.0393 e. The molecule has 0 fully saturated rings. The molecule has 0 aliphatic heterocycles. The molecule has 0 aliphatic rings. The Balaban J connectivity index is 2.42. The number of para-hydroxylation sites is 1. The average Bonchev–Trinajstić information content (AvgIpc) is 2.31. The molecule has 0 radical (unpaired) electrons. The highest BCUT2D eigenvalue weighted by atomic mass is 15.1. The summed E-state index contributed by atoms with van der Waals surface area (Å²) >= 11 is 0. The zero-order chi connectivity index (χ0) is 11.4. The number of nitrogens with two attached hydrogens (primary N) is 1. The Labute approximate surface area is 93.0 Å². The van der Waals surface area contributed by atoms with E-state index in [1.165, 1.54) is 0 Å². The first-order valence-electron chi connectivity index (χ1n) is 4.81. The summed E-state index contributed by atoms with van der Waals surface area (Å²) in [7, 11) is 0. The van der Waals surface area contributed by atoms with E-state index in [9.17, 15) is 0 Å². The number of anilines is 1. The van der Waals surface area contributed by atoms with Crippen LogP contribution in [0, 0.1) is 0 Å². The van der Waals surface area contributed by atoms with Gasteiger partial charge in [0.2, 0.25) is 0 Å². The third-order valence-corrected chi connectivity index (χ3v) is 2.30. The lowest BCUT2D eigenvalue weighted by Crippen LogP contribution is -1.88. The number of benzene rings is 2. The van der Waals surface area contributed by atoms with Crippen molar-refractivity contribution < 1.29 is 0 Å². The molecule has 0 bridgehead atoms. The van der Waals surface area contributed by atoms with E-state index in [1.54, 1.807) is 12.1 Å². The lowest BCUT2D eigenvalue weighted by Gasteiger charge is -2.05. The normalized spacial score (nSPS) is 9.50. The molecule has 0 saturated heterocycles. The molecule has 16 heavy (non-hydrogen) atoms. The third kappa shape index (κ3) is 1.97. The lowest BCUT2D eigenvalue weighted by atomic mass is 10.0. The van der Waals surface area contributed by atoms with Crippen molar-refractivity contribution in [3.8, 4) is 11.1 Å². The molecular formula is C12H10N4. The summed E-state index contributed by atoms with van der Waals surface area (Å²) in [5.41, 5.74) is 17.5. The van der Waals surface area contributed by atoms with Gasteiger partial charge in [-0.2, -0.15) is 0 Å². The Hall–Kier alpha value is -2.45. The average molecular weight is 210 g/mol. The van der Waals surface area contributed by atoms with Crippen molar-refractivity contribution in [3.05, 3.63) is 59.0 Å². The van der Waals surface area contributed by atoms with Crippen LogP contribution >= 0.6 is 0 Å². The molecule has 0 amide bonds. The molecule has 0 aliphatic carbocycles. The second kappa shape index (κ2) is 4.38. The second-order valence-electron chi connectivity index (χ2n) is 3.32. The second-order valence-corrected chi connectivity index (χ2v) is 3.32. The fraction of sp³-hybridized carbons (Fsp3) is 0. The summed E-state index contributed by atoms with van der Waals surface area (Å²) in [4.78, 5) is 2.73. The largest absolute Gasteiger partial charge is 0.398 e. The molecule has 2 N–H and O–H groups in total. The predicted molar refractivity (Wildman–Crippen MR) is 65.1 cm³/mol. The van der Waals surface area contributed by atoms with Gasteiger partial charge in [0.25, 0.3) is 0 Å². The Morgan fingerprint density at radius 2 is 1.69 bits per heavy atom. The van der Waals surface area contributed by atoms with Gasteiger partial charge in [-0.3, -0.25) is 0 Å². The highest BCUT2D eigenvalue weighted by Crippen LogP contribution is 2.27. The highest BCUT2D eigenvalue weighted by molar-refractivity contribution is 5.76. The minimum Gasteiger partial charge on any atom is -0.398 e. The van der Waals surface area contributed by atoms with Gasteiger partial charge >= 0.3 is 0 Å². The number of azide groups is 1. The number of hydrogen-bond donors (Lipinski definition) is 1. The van der Waals surface area contributed by atoms with E-state index < -0.39 is 0 Å². The maximum Gasteiger partial charge on any atom is 0.0393 e. The van der Waals surface area contributed by atoms with Crippen molar-refractivity contribution in [1.29, 1.82) is 0 Å². The van der Waals surface area contributed by atoms with E-state index in [0.717, 1.165) is 16.8 Å². The first-order valence-corrected chi connectivity index (χ1v) is 4.81. The van der Waals surface area contributed by atoms with Crippen molar-refractivity contribution in [2.75, 3.05) is 5.73 Å². The van der Waals surface area contributed by atoms with E-state index >= 15 is 0 Å². The zero-order valence-electron chi connectivity index (χ0n) is 8.54. The molecule has 0 atom stereocenters. The third-order valence-electron chi connectivity index (χ3n) is 2.30. The SMILES string of the molecule is [N-]=[N+]=Nc1ccc(-c2ccccc2N)cc1. The Kier molecular flexibility index (Phi) is 2.76. The minimum atomic E-state index is 0.598. The standard InChI is InChI=1S/C12H10N4/c13-12-4-2-1-3-11(12)9-5-7-10(8-6-9)15-16-14/h1-8H,13H2. The van der Waals surface area contributed by atoms with Gasteiger partial charge in [0.05, 0.1) is 0 Å². The summed E-state index contributed by atoms with van der Waals surface area (Å²) in [6, 6.07) is 14.9. The van der Waals surface area contributed by atoms with Crippen molar-refractivity contribution in [1.82, 2.24) is 0 Å². The van der Waals surface area contributed by atoms with Crippen molar-refractivity contribution in [2.24, 2.45) is 5.11 Å². The van der Waals surface area contributed by atoms with E-state index in [2.05, 4.69) is 10.0 Å². The van der Waals surface area contributed by atoms with Gasteiger partial charge in [-0.25, -0.2) is 0 Å². The maximum absolute atomic E-state index is 8.29. The van der Waals surface area contributed by atoms with Crippen LogP contribution in [0.3, 0.4) is 0 Å². The Morgan fingerprint density at radius 3 is 2.31 bits per heavy atom. The van der Waals surface area contributed by atoms with Gasteiger partial charge in [-0.05, 0) is 17.2 Å². The van der Waals surface area contributed by atoms with Crippen LogP contribution in [0.4, 0.5) is 11.4 Å². The van der Waals surface area contributed by atoms with Crippen LogP contribution in [-0.2, 0) is 0 Å². The first kappa shape index (κ1) is 10.1. The zero-order valence-corrected chi connectivity index (χ0v) is 8.54. The molecule has 0 saturated carbocycles. The molecule has 2 aromatic carbocycles. The molecule has 4 nitrogen and oxygen atoms in total. The summed E-state index contributed by atoms with van der Waals surface area (Å²) in [5, 5.41) is 3.51. The predicted octanol–water partition coefficient (Wildman–Crippen LogP) is 3.88. The molecule has 2 rings (SSSR count). The van der Waals surface area contributed by atoms with E-state index in [-0.39, 0.29) is 0 Å². The van der Waals surface area contributed by atoms with Crippen LogP contribution in [0.15, 0.2) is 53.6 Å². The molecule has 0 heterocycles. The van der Waals surface area contributed by atoms with E-state index in [4.69, 9.17) is 11.3 Å². The molecule has 78 valence electrons. The monoisotopic (exact) mass is 210 g/mol. The van der Waals surface area contributed by atoms with Crippen molar-refractivity contribution >= 4 is 11.4 Å². The molecule has 0 spiro atoms. The first-order chi connectivity index (χ1) is 7.81. The van der Waals surface area contributed by atoms with Crippen LogP contribution in [0.1, 0.15) is 0 Å². The van der Waals surface area contributed by atoms with Crippen LogP contribution in [0.25, 0.3) is 21.6 Å². The van der Waals surface area contributed by atoms with E-state index in [0.29, 0.717) is 5.69 Å². The maximum atomic E-state index is 8.29. The van der Waals surface area contributed by atoms with Crippen LogP contribution in [-0.4, -0.2) is 0 Å². The topological polar surface area (TPSA) is 74.8 Å². The van der Waals surface area contributed by atoms with Gasteiger partial charge in [0.15, 0.2) is 0 Å². The lowest BCUT2D eigenvalue weighted by molar-refractivity contribution is 1.47. The summed E-state index contributed by atoms with van der Waals surface area (Å²) in [6.45, 7) is 0. The Bertz CT molecular complexity index is 539. The highest BCUT2D eigenvalue weighted by Gasteiger charge is 2.00. The van der Waals surface area contributed by atoms with Gasteiger partial charge in [-0.15, -0.1) is 0 Å². The molecule has 0 aromatic heterocycles. The van der Waals surface area contributed by atoms with Gasteiger partial charge < -0.3 is 5.73 Å². The van der Waals surface area contributed by atoms with Gasteiger partial charge in [-0.1, -0.05) is 47.6 Å². The summed E-state index contributed by atoms with van der Waals surface area (Å²) in [6.07, 6.45) is 0. The molecule has 0 unspecified atom stereocenters. The minimum absolute atomic E-state index is 0.598. The van der Waals surface area contributed by atoms with Crippen molar-refractivity contribution in [3.63, 3.8) is 0 Å². The number of rotatable bonds is 2. The van der Waals surface area contributed by atoms with Crippen LogP contribution in [0.2, 0.25) is 0 Å². The summed E-state index contributed by atoms with van der Waals surface area (Å²) < 4.78 is 0. The molecular weight excluding hydrogens is 200 g/mol. The number of nitrogens with zero attached hydrogens (tertiary/aromatic N) is 3. The van der Waals surface area contributed by atoms with Gasteiger partial charge in [0, 0.05) is 21.8 Å².